The Morgan fingerprint density at radius 1 is 1.33 bits per heavy atom. The highest BCUT2D eigenvalue weighted by Crippen LogP contribution is 2.03. The van der Waals surface area contributed by atoms with Gasteiger partial charge in [-0.15, -0.1) is 0 Å². The molecular formula is C7H19NO. The molecule has 9 heavy (non-hydrogen) atoms. The summed E-state index contributed by atoms with van der Waals surface area (Å²) in [4.78, 5) is 0. The van der Waals surface area contributed by atoms with Crippen molar-refractivity contribution < 1.29 is 5.11 Å². The monoisotopic (exact) mass is 133 g/mol. The maximum absolute atomic E-state index is 8.83. The number of hydrogen-bond donors (Lipinski definition) is 2. The van der Waals surface area contributed by atoms with E-state index < -0.39 is 5.60 Å². The summed E-state index contributed by atoms with van der Waals surface area (Å²) in [6, 6.07) is 0. The van der Waals surface area contributed by atoms with Crippen LogP contribution in [0.1, 0.15) is 34.1 Å². The molecule has 0 aromatic rings. The Labute approximate surface area is 58.1 Å². The van der Waals surface area contributed by atoms with Crippen LogP contribution < -0.4 is 5.73 Å². The summed E-state index contributed by atoms with van der Waals surface area (Å²) in [6.45, 7) is 8.21. The number of aliphatic hydroxyl groups is 1. The Balaban J connectivity index is 0. The van der Waals surface area contributed by atoms with Crippen LogP contribution in [0.25, 0.3) is 0 Å². The van der Waals surface area contributed by atoms with E-state index in [0.29, 0.717) is 0 Å². The highest BCUT2D eigenvalue weighted by Gasteiger charge is 2.05. The van der Waals surface area contributed by atoms with Gasteiger partial charge in [0.25, 0.3) is 0 Å². The number of rotatable bonds is 1. The summed E-state index contributed by atoms with van der Waals surface area (Å²) in [7, 11) is 0. The predicted octanol–water partition coefficient (Wildman–Crippen LogP) is 1.13. The molecule has 0 aliphatic carbocycles. The van der Waals surface area contributed by atoms with Crippen molar-refractivity contribution >= 4 is 0 Å². The molecule has 0 unspecified atom stereocenters. The highest BCUT2D eigenvalue weighted by atomic mass is 16.3. The molecular weight excluding hydrogens is 114 g/mol. The first-order chi connectivity index (χ1) is 3.97. The van der Waals surface area contributed by atoms with E-state index in [0.717, 1.165) is 13.0 Å². The zero-order chi connectivity index (χ0) is 7.91. The Bertz CT molecular complexity index is 47.4. The zero-order valence-electron chi connectivity index (χ0n) is 6.94. The molecule has 0 fully saturated rings. The van der Waals surface area contributed by atoms with Crippen molar-refractivity contribution in [1.82, 2.24) is 0 Å². The second-order valence-corrected chi connectivity index (χ2v) is 2.57. The van der Waals surface area contributed by atoms with E-state index >= 15 is 0 Å². The number of hydrogen-bond acceptors (Lipinski definition) is 2. The molecule has 0 heterocycles. The topological polar surface area (TPSA) is 46.2 Å². The Hall–Kier alpha value is -0.0800. The molecule has 0 radical (unpaired) electrons. The summed E-state index contributed by atoms with van der Waals surface area (Å²) in [6.07, 6.45) is 0.826. The quantitative estimate of drug-likeness (QED) is 0.563. The van der Waals surface area contributed by atoms with Gasteiger partial charge in [0.1, 0.15) is 0 Å². The van der Waals surface area contributed by atoms with Crippen LogP contribution in [0.4, 0.5) is 0 Å². The van der Waals surface area contributed by atoms with E-state index in [-0.39, 0.29) is 0 Å². The maximum Gasteiger partial charge on any atom is 0.0589 e. The third-order valence-corrected chi connectivity index (χ3v) is 0.865. The van der Waals surface area contributed by atoms with Crippen LogP contribution in [-0.4, -0.2) is 17.3 Å². The SMILES string of the molecule is CCC(C)(C)O.CCN. The lowest BCUT2D eigenvalue weighted by Crippen LogP contribution is -2.15. The Morgan fingerprint density at radius 3 is 1.44 bits per heavy atom. The van der Waals surface area contributed by atoms with Crippen molar-refractivity contribution in [2.45, 2.75) is 39.7 Å². The zero-order valence-corrected chi connectivity index (χ0v) is 6.94. The van der Waals surface area contributed by atoms with Gasteiger partial charge in [0, 0.05) is 0 Å². The summed E-state index contributed by atoms with van der Waals surface area (Å²) >= 11 is 0. The van der Waals surface area contributed by atoms with E-state index in [9.17, 15) is 0 Å². The second-order valence-electron chi connectivity index (χ2n) is 2.57. The molecule has 0 aliphatic heterocycles. The van der Waals surface area contributed by atoms with Crippen molar-refractivity contribution in [3.05, 3.63) is 0 Å². The highest BCUT2D eigenvalue weighted by molar-refractivity contribution is 4.59. The molecule has 0 aromatic carbocycles. The van der Waals surface area contributed by atoms with Gasteiger partial charge in [-0.2, -0.15) is 0 Å². The van der Waals surface area contributed by atoms with Crippen LogP contribution in [0.15, 0.2) is 0 Å². The average Bonchev–Trinajstić information content (AvgIpc) is 1.67. The third kappa shape index (κ3) is 32.6. The van der Waals surface area contributed by atoms with Crippen molar-refractivity contribution in [3.63, 3.8) is 0 Å². The van der Waals surface area contributed by atoms with Crippen LogP contribution in [0.5, 0.6) is 0 Å². The average molecular weight is 133 g/mol. The van der Waals surface area contributed by atoms with Crippen LogP contribution in [0.3, 0.4) is 0 Å². The fourth-order valence-electron chi connectivity index (χ4n) is 0. The molecule has 2 nitrogen and oxygen atoms in total. The van der Waals surface area contributed by atoms with Gasteiger partial charge in [0.05, 0.1) is 5.60 Å². The van der Waals surface area contributed by atoms with Crippen molar-refractivity contribution in [3.8, 4) is 0 Å². The molecule has 0 saturated heterocycles. The largest absolute Gasteiger partial charge is 0.390 e. The minimum absolute atomic E-state index is 0.458. The standard InChI is InChI=1S/C5H12O.C2H7N/c1-4-5(2,3)6;1-2-3/h6H,4H2,1-3H3;2-3H2,1H3. The minimum atomic E-state index is -0.458. The van der Waals surface area contributed by atoms with Gasteiger partial charge < -0.3 is 10.8 Å². The lowest BCUT2D eigenvalue weighted by atomic mass is 10.1. The van der Waals surface area contributed by atoms with E-state index in [2.05, 4.69) is 0 Å². The predicted molar refractivity (Wildman–Crippen MR) is 41.3 cm³/mol. The summed E-state index contributed by atoms with van der Waals surface area (Å²) in [5, 5.41) is 8.83. The first kappa shape index (κ1) is 11.7. The molecule has 2 heteroatoms. The summed E-state index contributed by atoms with van der Waals surface area (Å²) in [5.74, 6) is 0. The van der Waals surface area contributed by atoms with Gasteiger partial charge in [0.2, 0.25) is 0 Å². The molecule has 0 rings (SSSR count). The van der Waals surface area contributed by atoms with Crippen LogP contribution in [0.2, 0.25) is 0 Å². The fraction of sp³-hybridized carbons (Fsp3) is 1.00. The molecule has 0 saturated carbocycles. The van der Waals surface area contributed by atoms with E-state index in [1.165, 1.54) is 0 Å². The molecule has 3 N–H and O–H groups in total. The molecule has 0 atom stereocenters. The van der Waals surface area contributed by atoms with Crippen molar-refractivity contribution in [1.29, 1.82) is 0 Å². The van der Waals surface area contributed by atoms with E-state index in [4.69, 9.17) is 10.8 Å². The lowest BCUT2D eigenvalue weighted by Gasteiger charge is -2.11. The fourth-order valence-corrected chi connectivity index (χ4v) is 0. The van der Waals surface area contributed by atoms with Gasteiger partial charge in [-0.25, -0.2) is 0 Å². The van der Waals surface area contributed by atoms with Gasteiger partial charge in [-0.05, 0) is 26.8 Å². The maximum atomic E-state index is 8.83. The van der Waals surface area contributed by atoms with Gasteiger partial charge in [-0.1, -0.05) is 13.8 Å². The van der Waals surface area contributed by atoms with E-state index in [1.54, 1.807) is 13.8 Å². The summed E-state index contributed by atoms with van der Waals surface area (Å²) in [5.41, 5.74) is 4.39. The second kappa shape index (κ2) is 6.05. The van der Waals surface area contributed by atoms with Crippen LogP contribution in [-0.2, 0) is 0 Å². The lowest BCUT2D eigenvalue weighted by molar-refractivity contribution is 0.0765. The minimum Gasteiger partial charge on any atom is -0.390 e. The number of nitrogens with two attached hydrogens (primary N) is 1. The molecule has 0 amide bonds. The molecule has 0 aliphatic rings. The van der Waals surface area contributed by atoms with Gasteiger partial charge in [-0.3, -0.25) is 0 Å². The van der Waals surface area contributed by atoms with Gasteiger partial charge >= 0.3 is 0 Å². The first-order valence-electron chi connectivity index (χ1n) is 3.40. The molecule has 0 aromatic heterocycles. The normalized spacial score (nSPS) is 10.0. The molecule has 0 bridgehead atoms. The van der Waals surface area contributed by atoms with Crippen molar-refractivity contribution in [2.75, 3.05) is 6.54 Å². The van der Waals surface area contributed by atoms with E-state index in [1.807, 2.05) is 13.8 Å². The molecule has 0 spiro atoms. The third-order valence-electron chi connectivity index (χ3n) is 0.865. The smallest absolute Gasteiger partial charge is 0.0589 e. The first-order valence-corrected chi connectivity index (χ1v) is 3.40. The van der Waals surface area contributed by atoms with Crippen LogP contribution >= 0.6 is 0 Å². The summed E-state index contributed by atoms with van der Waals surface area (Å²) < 4.78 is 0. The molecule has 58 valence electrons. The van der Waals surface area contributed by atoms with Gasteiger partial charge in [0.15, 0.2) is 0 Å². The van der Waals surface area contributed by atoms with Crippen molar-refractivity contribution in [2.24, 2.45) is 5.73 Å². The Morgan fingerprint density at radius 2 is 1.44 bits per heavy atom. The Kier molecular flexibility index (Phi) is 7.85. The van der Waals surface area contributed by atoms with Crippen LogP contribution in [0, 0.1) is 0 Å².